The lowest BCUT2D eigenvalue weighted by Crippen LogP contribution is -2.37. The van der Waals surface area contributed by atoms with E-state index in [1.807, 2.05) is 0 Å². The van der Waals surface area contributed by atoms with Gasteiger partial charge in [-0.1, -0.05) is 45.0 Å². The Bertz CT molecular complexity index is 454. The highest BCUT2D eigenvalue weighted by atomic mass is 16.3. The molecule has 1 heteroatoms. The minimum Gasteiger partial charge on any atom is -0.389 e. The zero-order valence-electron chi connectivity index (χ0n) is 12.4. The molecule has 0 heterocycles. The predicted octanol–water partition coefficient (Wildman–Crippen LogP) is 4.08. The van der Waals surface area contributed by atoms with E-state index in [2.05, 4.69) is 45.0 Å². The SMILES string of the molecule is CC(C)(C)c1ccc(CC2(O)CC3CCC2C3)cc1. The Morgan fingerprint density at radius 3 is 2.32 bits per heavy atom. The largest absolute Gasteiger partial charge is 0.389 e. The number of fused-ring (bicyclic) bond motifs is 2. The van der Waals surface area contributed by atoms with Crippen LogP contribution in [0.3, 0.4) is 0 Å². The molecule has 2 fully saturated rings. The molecule has 0 saturated heterocycles. The molecule has 1 aromatic carbocycles. The van der Waals surface area contributed by atoms with E-state index in [9.17, 15) is 5.11 Å². The summed E-state index contributed by atoms with van der Waals surface area (Å²) in [6.07, 6.45) is 5.71. The van der Waals surface area contributed by atoms with Crippen LogP contribution < -0.4 is 0 Å². The quantitative estimate of drug-likeness (QED) is 0.847. The van der Waals surface area contributed by atoms with Gasteiger partial charge in [0, 0.05) is 6.42 Å². The predicted molar refractivity (Wildman–Crippen MR) is 79.2 cm³/mol. The Morgan fingerprint density at radius 1 is 1.16 bits per heavy atom. The van der Waals surface area contributed by atoms with Gasteiger partial charge in [0.15, 0.2) is 0 Å². The van der Waals surface area contributed by atoms with Crippen molar-refractivity contribution in [1.29, 1.82) is 0 Å². The normalized spacial score (nSPS) is 33.9. The summed E-state index contributed by atoms with van der Waals surface area (Å²) in [6.45, 7) is 6.72. The fourth-order valence-electron chi connectivity index (χ4n) is 4.11. The molecule has 104 valence electrons. The molecule has 0 spiro atoms. The third-order valence-electron chi connectivity index (χ3n) is 5.27. The van der Waals surface area contributed by atoms with E-state index in [4.69, 9.17) is 0 Å². The van der Waals surface area contributed by atoms with E-state index in [1.54, 1.807) is 0 Å². The molecule has 3 rings (SSSR count). The van der Waals surface area contributed by atoms with Crippen LogP contribution in [0.25, 0.3) is 0 Å². The van der Waals surface area contributed by atoms with Crippen LogP contribution in [0, 0.1) is 11.8 Å². The van der Waals surface area contributed by atoms with Crippen LogP contribution in [-0.4, -0.2) is 10.7 Å². The highest BCUT2D eigenvalue weighted by Crippen LogP contribution is 2.51. The van der Waals surface area contributed by atoms with Crippen molar-refractivity contribution in [3.8, 4) is 0 Å². The van der Waals surface area contributed by atoms with Crippen LogP contribution in [-0.2, 0) is 11.8 Å². The van der Waals surface area contributed by atoms with Crippen molar-refractivity contribution in [2.45, 2.75) is 63.9 Å². The molecule has 3 unspecified atom stereocenters. The topological polar surface area (TPSA) is 20.2 Å². The van der Waals surface area contributed by atoms with E-state index in [0.29, 0.717) is 5.92 Å². The monoisotopic (exact) mass is 258 g/mol. The van der Waals surface area contributed by atoms with Crippen molar-refractivity contribution in [3.05, 3.63) is 35.4 Å². The first-order chi connectivity index (χ1) is 8.87. The maximum absolute atomic E-state index is 10.9. The van der Waals surface area contributed by atoms with E-state index < -0.39 is 5.60 Å². The van der Waals surface area contributed by atoms with Crippen molar-refractivity contribution in [3.63, 3.8) is 0 Å². The van der Waals surface area contributed by atoms with Gasteiger partial charge in [-0.3, -0.25) is 0 Å². The van der Waals surface area contributed by atoms with Gasteiger partial charge in [0.2, 0.25) is 0 Å². The van der Waals surface area contributed by atoms with E-state index in [0.717, 1.165) is 18.8 Å². The molecule has 0 amide bonds. The molecule has 1 aromatic rings. The average molecular weight is 258 g/mol. The van der Waals surface area contributed by atoms with E-state index in [-0.39, 0.29) is 5.41 Å². The van der Waals surface area contributed by atoms with Crippen LogP contribution in [0.4, 0.5) is 0 Å². The molecule has 1 N–H and O–H groups in total. The van der Waals surface area contributed by atoms with Gasteiger partial charge in [0.1, 0.15) is 0 Å². The number of benzene rings is 1. The molecule has 19 heavy (non-hydrogen) atoms. The second-order valence-electron chi connectivity index (χ2n) is 7.81. The summed E-state index contributed by atoms with van der Waals surface area (Å²) in [7, 11) is 0. The average Bonchev–Trinajstić information content (AvgIpc) is 2.88. The number of hydrogen-bond donors (Lipinski definition) is 1. The zero-order valence-corrected chi connectivity index (χ0v) is 12.4. The Morgan fingerprint density at radius 2 is 1.84 bits per heavy atom. The summed E-state index contributed by atoms with van der Waals surface area (Å²) in [4.78, 5) is 0. The van der Waals surface area contributed by atoms with Gasteiger partial charge in [-0.2, -0.15) is 0 Å². The maximum atomic E-state index is 10.9. The summed E-state index contributed by atoms with van der Waals surface area (Å²) in [5.74, 6) is 1.35. The molecule has 2 saturated carbocycles. The number of aliphatic hydroxyl groups is 1. The first kappa shape index (κ1) is 13.2. The van der Waals surface area contributed by atoms with Crippen molar-refractivity contribution < 1.29 is 5.11 Å². The van der Waals surface area contributed by atoms with Gasteiger partial charge in [-0.15, -0.1) is 0 Å². The van der Waals surface area contributed by atoms with Gasteiger partial charge in [0.25, 0.3) is 0 Å². The highest BCUT2D eigenvalue weighted by molar-refractivity contribution is 5.29. The molecule has 3 atom stereocenters. The van der Waals surface area contributed by atoms with Gasteiger partial charge < -0.3 is 5.11 Å². The van der Waals surface area contributed by atoms with Crippen molar-refractivity contribution >= 4 is 0 Å². The second-order valence-corrected chi connectivity index (χ2v) is 7.81. The fraction of sp³-hybridized carbons (Fsp3) is 0.667. The van der Waals surface area contributed by atoms with Crippen LogP contribution in [0.2, 0.25) is 0 Å². The molecule has 0 aliphatic heterocycles. The number of hydrogen-bond acceptors (Lipinski definition) is 1. The van der Waals surface area contributed by atoms with Gasteiger partial charge in [-0.05, 0) is 54.1 Å². The summed E-state index contributed by atoms with van der Waals surface area (Å²) >= 11 is 0. The van der Waals surface area contributed by atoms with Crippen molar-refractivity contribution in [2.75, 3.05) is 0 Å². The highest BCUT2D eigenvalue weighted by Gasteiger charge is 2.49. The van der Waals surface area contributed by atoms with E-state index >= 15 is 0 Å². The third kappa shape index (κ3) is 2.45. The molecule has 2 bridgehead atoms. The molecule has 2 aliphatic rings. The molecular weight excluding hydrogens is 232 g/mol. The lowest BCUT2D eigenvalue weighted by Gasteiger charge is -2.32. The second kappa shape index (κ2) is 4.34. The first-order valence-corrected chi connectivity index (χ1v) is 7.69. The Kier molecular flexibility index (Phi) is 3.01. The van der Waals surface area contributed by atoms with Gasteiger partial charge in [0.05, 0.1) is 5.60 Å². The van der Waals surface area contributed by atoms with Crippen LogP contribution in [0.1, 0.15) is 57.6 Å². The van der Waals surface area contributed by atoms with Crippen molar-refractivity contribution in [1.82, 2.24) is 0 Å². The lowest BCUT2D eigenvalue weighted by atomic mass is 9.79. The van der Waals surface area contributed by atoms with Gasteiger partial charge in [-0.25, -0.2) is 0 Å². The first-order valence-electron chi connectivity index (χ1n) is 7.69. The molecule has 2 aliphatic carbocycles. The Hall–Kier alpha value is -0.820. The molecule has 1 nitrogen and oxygen atoms in total. The summed E-state index contributed by atoms with van der Waals surface area (Å²) in [5, 5.41) is 10.9. The fourth-order valence-corrected chi connectivity index (χ4v) is 4.11. The van der Waals surface area contributed by atoms with Crippen molar-refractivity contribution in [2.24, 2.45) is 11.8 Å². The van der Waals surface area contributed by atoms with E-state index in [1.165, 1.54) is 30.4 Å². The molecule has 0 aromatic heterocycles. The lowest BCUT2D eigenvalue weighted by molar-refractivity contribution is -0.0125. The minimum atomic E-state index is -0.411. The van der Waals surface area contributed by atoms with Crippen LogP contribution in [0.15, 0.2) is 24.3 Å². The molecule has 0 radical (unpaired) electrons. The minimum absolute atomic E-state index is 0.210. The maximum Gasteiger partial charge on any atom is 0.0718 e. The third-order valence-corrected chi connectivity index (χ3v) is 5.27. The van der Waals surface area contributed by atoms with Crippen LogP contribution in [0.5, 0.6) is 0 Å². The Balaban J connectivity index is 1.74. The summed E-state index contributed by atoms with van der Waals surface area (Å²) < 4.78 is 0. The molecular formula is C18H26O. The van der Waals surface area contributed by atoms with Gasteiger partial charge >= 0.3 is 0 Å². The summed E-state index contributed by atoms with van der Waals surface area (Å²) in [6, 6.07) is 8.88. The smallest absolute Gasteiger partial charge is 0.0718 e. The Labute approximate surface area is 117 Å². The van der Waals surface area contributed by atoms with Crippen LogP contribution >= 0.6 is 0 Å². The number of rotatable bonds is 2. The zero-order chi connectivity index (χ0) is 13.7. The summed E-state index contributed by atoms with van der Waals surface area (Å²) in [5.41, 5.74) is 2.47. The standard InChI is InChI=1S/C18H26O/c1-17(2,3)15-7-4-13(5-8-15)11-18(19)12-14-6-9-16(18)10-14/h4-5,7-8,14,16,19H,6,9-12H2,1-3H3.